The summed E-state index contributed by atoms with van der Waals surface area (Å²) >= 11 is 0. The predicted molar refractivity (Wildman–Crippen MR) is 230 cm³/mol. The van der Waals surface area contributed by atoms with Gasteiger partial charge in [0.15, 0.2) is 0 Å². The zero-order valence-electron chi connectivity index (χ0n) is 37.4. The maximum absolute atomic E-state index is 13.6. The normalized spacial score (nSPS) is 24.6. The van der Waals surface area contributed by atoms with Gasteiger partial charge in [0.25, 0.3) is 0 Å². The van der Waals surface area contributed by atoms with E-state index in [2.05, 4.69) is 54.3 Å². The van der Waals surface area contributed by atoms with E-state index in [9.17, 15) is 29.1 Å². The van der Waals surface area contributed by atoms with Crippen molar-refractivity contribution in [3.63, 3.8) is 0 Å². The molecule has 0 aromatic rings. The lowest BCUT2D eigenvalue weighted by Gasteiger charge is -2.64. The van der Waals surface area contributed by atoms with Crippen LogP contribution in [0.25, 0.3) is 0 Å². The first kappa shape index (κ1) is 50.6. The van der Waals surface area contributed by atoms with E-state index >= 15 is 0 Å². The molecule has 1 aliphatic heterocycles. The Bertz CT molecular complexity index is 1360. The van der Waals surface area contributed by atoms with E-state index in [1.54, 1.807) is 0 Å². The summed E-state index contributed by atoms with van der Waals surface area (Å²) in [6, 6.07) is -4.50. The van der Waals surface area contributed by atoms with Gasteiger partial charge in [-0.05, 0) is 103 Å². The van der Waals surface area contributed by atoms with Gasteiger partial charge in [0, 0.05) is 6.42 Å². The molecule has 10 N–H and O–H groups in total. The maximum atomic E-state index is 13.6. The van der Waals surface area contributed by atoms with E-state index in [0.717, 1.165) is 32.1 Å². The molecule has 10 atom stereocenters. The van der Waals surface area contributed by atoms with Crippen LogP contribution in [0.1, 0.15) is 164 Å². The molecule has 338 valence electrons. The minimum atomic E-state index is -1.43. The highest BCUT2D eigenvalue weighted by Gasteiger charge is 2.68. The molecular formula is C43H80BN7O8. The number of carbonyl (C=O) groups excluding carboxylic acids is 5. The summed E-state index contributed by atoms with van der Waals surface area (Å²) in [5, 5.41) is 24.1. The van der Waals surface area contributed by atoms with Crippen molar-refractivity contribution < 1.29 is 38.4 Å². The van der Waals surface area contributed by atoms with Crippen molar-refractivity contribution in [2.45, 2.75) is 212 Å². The molecule has 10 unspecified atom stereocenters. The molecule has 4 aliphatic rings. The van der Waals surface area contributed by atoms with Crippen LogP contribution in [0.15, 0.2) is 0 Å². The zero-order chi connectivity index (χ0) is 43.8. The Balaban J connectivity index is 1.48. The molecule has 4 fully saturated rings. The Hall–Kier alpha value is -2.79. The van der Waals surface area contributed by atoms with Crippen molar-refractivity contribution in [2.75, 3.05) is 13.1 Å². The van der Waals surface area contributed by atoms with Crippen LogP contribution in [0.4, 0.5) is 0 Å². The SMILES string of the molecule is CCCCCCCCCCCCCC(=O)NC(CCN)C(=O)NC(C(=O)NC(C)C(=O)NC(CCCCN)C(=O)NC(C)B1OC2CC3CC(C3(C)C)C2(C)O1)C(C)O. The summed E-state index contributed by atoms with van der Waals surface area (Å²) in [6.45, 7) is 14.1. The molecule has 2 bridgehead atoms. The van der Waals surface area contributed by atoms with Crippen LogP contribution in [-0.2, 0) is 33.3 Å². The van der Waals surface area contributed by atoms with Crippen LogP contribution < -0.4 is 38.1 Å². The van der Waals surface area contributed by atoms with E-state index in [-0.39, 0.29) is 36.8 Å². The van der Waals surface area contributed by atoms with E-state index in [1.807, 2.05) is 6.92 Å². The molecule has 16 heteroatoms. The van der Waals surface area contributed by atoms with Gasteiger partial charge in [0.2, 0.25) is 29.5 Å². The number of hydrogen-bond acceptors (Lipinski definition) is 10. The van der Waals surface area contributed by atoms with Crippen molar-refractivity contribution in [3.8, 4) is 0 Å². The third-order valence-electron chi connectivity index (χ3n) is 13.3. The van der Waals surface area contributed by atoms with Crippen LogP contribution in [0.3, 0.4) is 0 Å². The first-order valence-corrected chi connectivity index (χ1v) is 22.9. The number of aliphatic hydroxyl groups excluding tert-OH is 1. The topological polar surface area (TPSA) is 236 Å². The van der Waals surface area contributed by atoms with Crippen LogP contribution >= 0.6 is 0 Å². The summed E-state index contributed by atoms with van der Waals surface area (Å²) in [4.78, 5) is 66.5. The van der Waals surface area contributed by atoms with Gasteiger partial charge in [0.05, 0.1) is 23.8 Å². The smallest absolute Gasteiger partial charge is 0.404 e. The Morgan fingerprint density at radius 1 is 0.695 bits per heavy atom. The van der Waals surface area contributed by atoms with Crippen LogP contribution in [0.2, 0.25) is 0 Å². The van der Waals surface area contributed by atoms with Gasteiger partial charge in [-0.15, -0.1) is 0 Å². The fourth-order valence-corrected chi connectivity index (χ4v) is 9.24. The lowest BCUT2D eigenvalue weighted by atomic mass is 9.43. The zero-order valence-corrected chi connectivity index (χ0v) is 37.4. The summed E-state index contributed by atoms with van der Waals surface area (Å²) in [5.74, 6) is -2.34. The van der Waals surface area contributed by atoms with E-state index in [4.69, 9.17) is 20.8 Å². The summed E-state index contributed by atoms with van der Waals surface area (Å²) < 4.78 is 12.9. The number of carbonyl (C=O) groups is 5. The van der Waals surface area contributed by atoms with Crippen molar-refractivity contribution in [1.82, 2.24) is 26.6 Å². The Morgan fingerprint density at radius 3 is 1.86 bits per heavy atom. The average molecular weight is 834 g/mol. The monoisotopic (exact) mass is 834 g/mol. The summed E-state index contributed by atoms with van der Waals surface area (Å²) in [7, 11) is -0.637. The van der Waals surface area contributed by atoms with Crippen molar-refractivity contribution in [1.29, 1.82) is 0 Å². The molecule has 59 heavy (non-hydrogen) atoms. The number of amides is 5. The fourth-order valence-electron chi connectivity index (χ4n) is 9.24. The fraction of sp³-hybridized carbons (Fsp3) is 0.884. The average Bonchev–Trinajstić information content (AvgIpc) is 3.55. The minimum Gasteiger partial charge on any atom is -0.404 e. The molecule has 15 nitrogen and oxygen atoms in total. The van der Waals surface area contributed by atoms with Crippen LogP contribution in [0, 0.1) is 17.3 Å². The second-order valence-corrected chi connectivity index (χ2v) is 18.4. The standard InChI is InChI=1S/C43H80BN7O8/c1-8-9-10-11-12-13-14-15-16-17-18-22-36(53)49-33(23-25-46)40(56)51-37(29(3)52)41(57)47-28(2)38(54)50-32(21-19-20-24-45)39(55)48-30(4)44-58-35-27-31-26-34(42(31,5)6)43(35,7)59-44/h28-35,37,52H,8-27,45-46H2,1-7H3,(H,47,57)(H,48,55)(H,49,53)(H,50,54)(H,51,56). The van der Waals surface area contributed by atoms with Gasteiger partial charge >= 0.3 is 7.12 Å². The van der Waals surface area contributed by atoms with Gasteiger partial charge in [-0.2, -0.15) is 0 Å². The second-order valence-electron chi connectivity index (χ2n) is 18.4. The van der Waals surface area contributed by atoms with Crippen molar-refractivity contribution in [3.05, 3.63) is 0 Å². The van der Waals surface area contributed by atoms with Gasteiger partial charge in [-0.25, -0.2) is 0 Å². The van der Waals surface area contributed by atoms with Crippen LogP contribution in [-0.4, -0.2) is 103 Å². The molecule has 1 heterocycles. The molecule has 0 aromatic heterocycles. The molecule has 1 saturated heterocycles. The third-order valence-corrected chi connectivity index (χ3v) is 13.3. The van der Waals surface area contributed by atoms with Gasteiger partial charge in [-0.3, -0.25) is 24.0 Å². The number of nitrogens with two attached hydrogens (primary N) is 2. The number of unbranched alkanes of at least 4 members (excludes halogenated alkanes) is 11. The quantitative estimate of drug-likeness (QED) is 0.0405. The van der Waals surface area contributed by atoms with Crippen LogP contribution in [0.5, 0.6) is 0 Å². The molecule has 5 amide bonds. The highest BCUT2D eigenvalue weighted by molar-refractivity contribution is 6.47. The summed E-state index contributed by atoms with van der Waals surface area (Å²) in [6.07, 6.45) is 15.3. The highest BCUT2D eigenvalue weighted by atomic mass is 16.7. The van der Waals surface area contributed by atoms with Gasteiger partial charge in [-0.1, -0.05) is 85.0 Å². The first-order valence-electron chi connectivity index (χ1n) is 22.9. The van der Waals surface area contributed by atoms with Gasteiger partial charge in [0.1, 0.15) is 24.2 Å². The lowest BCUT2D eigenvalue weighted by molar-refractivity contribution is -0.199. The number of rotatable bonds is 29. The van der Waals surface area contributed by atoms with E-state index < -0.39 is 72.6 Å². The van der Waals surface area contributed by atoms with Crippen molar-refractivity contribution in [2.24, 2.45) is 28.7 Å². The number of aliphatic hydroxyl groups is 1. The molecule has 0 aromatic carbocycles. The minimum absolute atomic E-state index is 0.0437. The third kappa shape index (κ3) is 14.7. The summed E-state index contributed by atoms with van der Waals surface area (Å²) in [5.41, 5.74) is 11.2. The second kappa shape index (κ2) is 24.6. The Kier molecular flexibility index (Phi) is 21.1. The van der Waals surface area contributed by atoms with Gasteiger partial charge < -0.3 is 52.5 Å². The van der Waals surface area contributed by atoms with Crippen molar-refractivity contribution >= 4 is 36.7 Å². The Labute approximate surface area is 354 Å². The highest BCUT2D eigenvalue weighted by Crippen LogP contribution is 2.65. The molecular weight excluding hydrogens is 753 g/mol. The first-order chi connectivity index (χ1) is 28.0. The molecule has 0 spiro atoms. The molecule has 0 radical (unpaired) electrons. The number of hydrogen-bond donors (Lipinski definition) is 8. The molecule has 3 aliphatic carbocycles. The largest absolute Gasteiger partial charge is 0.481 e. The maximum Gasteiger partial charge on any atom is 0.481 e. The number of nitrogens with one attached hydrogen (secondary N) is 5. The van der Waals surface area contributed by atoms with E-state index in [0.29, 0.717) is 44.1 Å². The lowest BCUT2D eigenvalue weighted by Crippen LogP contribution is -2.65. The van der Waals surface area contributed by atoms with E-state index in [1.165, 1.54) is 58.8 Å². The Morgan fingerprint density at radius 2 is 1.29 bits per heavy atom. The predicted octanol–water partition coefficient (Wildman–Crippen LogP) is 3.28. The molecule has 3 saturated carbocycles. The molecule has 4 rings (SSSR count).